The predicted octanol–water partition coefficient (Wildman–Crippen LogP) is 2.03. The number of nitrogens with zero attached hydrogens (tertiary/aromatic N) is 3. The second-order valence-corrected chi connectivity index (χ2v) is 5.00. The van der Waals surface area contributed by atoms with Crippen molar-refractivity contribution in [1.29, 1.82) is 0 Å². The molecule has 0 fully saturated rings. The Morgan fingerprint density at radius 2 is 2.20 bits per heavy atom. The molecule has 2 aromatic rings. The van der Waals surface area contributed by atoms with Crippen LogP contribution in [0.5, 0.6) is 0 Å². The van der Waals surface area contributed by atoms with Gasteiger partial charge in [-0.15, -0.1) is 0 Å². The van der Waals surface area contributed by atoms with Crippen molar-refractivity contribution in [2.75, 3.05) is 20.2 Å². The molecular weight excluding hydrogens is 254 g/mol. The number of pyridine rings is 1. The highest BCUT2D eigenvalue weighted by Gasteiger charge is 2.08. The van der Waals surface area contributed by atoms with Gasteiger partial charge in [0.1, 0.15) is 5.65 Å². The number of imidazole rings is 1. The Hall–Kier alpha value is -1.88. The van der Waals surface area contributed by atoms with Crippen LogP contribution in [-0.2, 0) is 16.1 Å². The van der Waals surface area contributed by atoms with Crippen molar-refractivity contribution in [3.8, 4) is 0 Å². The first kappa shape index (κ1) is 14.5. The van der Waals surface area contributed by atoms with Crippen LogP contribution in [0.15, 0.2) is 24.5 Å². The first-order valence-corrected chi connectivity index (χ1v) is 6.87. The second kappa shape index (κ2) is 6.52. The molecule has 5 nitrogen and oxygen atoms in total. The smallest absolute Gasteiger partial charge is 0.307 e. The lowest BCUT2D eigenvalue weighted by Crippen LogP contribution is -2.22. The fraction of sp³-hybridized carbons (Fsp3) is 0.467. The van der Waals surface area contributed by atoms with Gasteiger partial charge in [0, 0.05) is 25.5 Å². The number of aromatic nitrogens is 2. The fourth-order valence-electron chi connectivity index (χ4n) is 2.10. The summed E-state index contributed by atoms with van der Waals surface area (Å²) in [6.07, 6.45) is 4.50. The molecule has 2 aromatic heterocycles. The molecule has 2 rings (SSSR count). The second-order valence-electron chi connectivity index (χ2n) is 5.00. The maximum atomic E-state index is 11.3. The number of carbonyl (C=O) groups excluding carboxylic acids is 1. The van der Waals surface area contributed by atoms with Gasteiger partial charge in [0.05, 0.1) is 18.7 Å². The van der Waals surface area contributed by atoms with Gasteiger partial charge in [0.15, 0.2) is 0 Å². The van der Waals surface area contributed by atoms with Gasteiger partial charge in [-0.05, 0) is 32.5 Å². The Morgan fingerprint density at radius 3 is 2.95 bits per heavy atom. The van der Waals surface area contributed by atoms with E-state index in [1.54, 1.807) is 0 Å². The quantitative estimate of drug-likeness (QED) is 0.757. The predicted molar refractivity (Wildman–Crippen MR) is 77.5 cm³/mol. The Labute approximate surface area is 119 Å². The molecule has 0 aromatic carbocycles. The lowest BCUT2D eigenvalue weighted by atomic mass is 10.3. The first-order valence-electron chi connectivity index (χ1n) is 6.87. The molecule has 0 aliphatic carbocycles. The molecule has 0 unspecified atom stereocenters. The van der Waals surface area contributed by atoms with Gasteiger partial charge in [-0.3, -0.25) is 9.69 Å². The van der Waals surface area contributed by atoms with E-state index in [1.165, 1.54) is 5.56 Å². The van der Waals surface area contributed by atoms with E-state index < -0.39 is 0 Å². The first-order chi connectivity index (χ1) is 9.58. The molecule has 0 bridgehead atoms. The van der Waals surface area contributed by atoms with Crippen LogP contribution >= 0.6 is 0 Å². The Morgan fingerprint density at radius 1 is 1.40 bits per heavy atom. The third-order valence-corrected chi connectivity index (χ3v) is 3.08. The van der Waals surface area contributed by atoms with Crippen LogP contribution in [0.4, 0.5) is 0 Å². The summed E-state index contributed by atoms with van der Waals surface area (Å²) >= 11 is 0. The van der Waals surface area contributed by atoms with E-state index in [9.17, 15) is 4.79 Å². The number of esters is 1. The van der Waals surface area contributed by atoms with E-state index >= 15 is 0 Å². The van der Waals surface area contributed by atoms with Gasteiger partial charge < -0.3 is 9.14 Å². The molecule has 0 spiro atoms. The van der Waals surface area contributed by atoms with Gasteiger partial charge >= 0.3 is 5.97 Å². The number of rotatable bonds is 6. The van der Waals surface area contributed by atoms with Crippen LogP contribution < -0.4 is 0 Å². The van der Waals surface area contributed by atoms with E-state index in [1.807, 2.05) is 30.6 Å². The van der Waals surface area contributed by atoms with Gasteiger partial charge in [0.2, 0.25) is 0 Å². The minimum absolute atomic E-state index is 0.148. The normalized spacial score (nSPS) is 11.2. The topological polar surface area (TPSA) is 46.8 Å². The van der Waals surface area contributed by atoms with Crippen LogP contribution in [0.1, 0.15) is 24.6 Å². The standard InChI is InChI=1S/C15H21N3O2/c1-4-20-15(19)7-8-17(3)10-13-11-18-9-12(2)5-6-14(18)16-13/h5-6,9,11H,4,7-8,10H2,1-3H3. The highest BCUT2D eigenvalue weighted by molar-refractivity contribution is 5.69. The molecule has 0 amide bonds. The summed E-state index contributed by atoms with van der Waals surface area (Å²) in [4.78, 5) is 17.9. The number of carbonyl (C=O) groups is 1. The molecule has 0 radical (unpaired) electrons. The van der Waals surface area contributed by atoms with E-state index in [2.05, 4.69) is 29.1 Å². The number of fused-ring (bicyclic) bond motifs is 1. The third-order valence-electron chi connectivity index (χ3n) is 3.08. The van der Waals surface area contributed by atoms with Crippen molar-refractivity contribution in [2.24, 2.45) is 0 Å². The minimum atomic E-state index is -0.148. The average Bonchev–Trinajstić information content (AvgIpc) is 2.78. The number of hydrogen-bond acceptors (Lipinski definition) is 4. The van der Waals surface area contributed by atoms with Crippen LogP contribution in [0, 0.1) is 6.92 Å². The van der Waals surface area contributed by atoms with Gasteiger partial charge in [0.25, 0.3) is 0 Å². The SMILES string of the molecule is CCOC(=O)CCN(C)Cc1cn2cc(C)ccc2n1. The third kappa shape index (κ3) is 3.81. The van der Waals surface area contributed by atoms with E-state index in [-0.39, 0.29) is 5.97 Å². The minimum Gasteiger partial charge on any atom is -0.466 e. The largest absolute Gasteiger partial charge is 0.466 e. The Kier molecular flexibility index (Phi) is 4.74. The lowest BCUT2D eigenvalue weighted by Gasteiger charge is -2.14. The van der Waals surface area contributed by atoms with Crippen molar-refractivity contribution in [3.63, 3.8) is 0 Å². The van der Waals surface area contributed by atoms with Crippen LogP contribution in [0.3, 0.4) is 0 Å². The molecule has 108 valence electrons. The molecule has 0 saturated carbocycles. The summed E-state index contributed by atoms with van der Waals surface area (Å²) < 4.78 is 6.95. The van der Waals surface area contributed by atoms with Gasteiger partial charge in [-0.2, -0.15) is 0 Å². The van der Waals surface area contributed by atoms with E-state index in [0.717, 1.165) is 17.9 Å². The highest BCUT2D eigenvalue weighted by Crippen LogP contribution is 2.09. The van der Waals surface area contributed by atoms with Gasteiger partial charge in [-0.25, -0.2) is 4.98 Å². The number of aryl methyl sites for hydroxylation is 1. The monoisotopic (exact) mass is 275 g/mol. The van der Waals surface area contributed by atoms with Crippen LogP contribution in [0.2, 0.25) is 0 Å². The maximum absolute atomic E-state index is 11.3. The van der Waals surface area contributed by atoms with Crippen LogP contribution in [-0.4, -0.2) is 40.5 Å². The molecular formula is C15H21N3O2. The van der Waals surface area contributed by atoms with Crippen molar-refractivity contribution >= 4 is 11.6 Å². The van der Waals surface area contributed by atoms with E-state index in [4.69, 9.17) is 4.74 Å². The average molecular weight is 275 g/mol. The zero-order valence-corrected chi connectivity index (χ0v) is 12.3. The van der Waals surface area contributed by atoms with Gasteiger partial charge in [-0.1, -0.05) is 6.07 Å². The summed E-state index contributed by atoms with van der Waals surface area (Å²) in [6, 6.07) is 4.06. The summed E-state index contributed by atoms with van der Waals surface area (Å²) in [6.45, 7) is 5.71. The maximum Gasteiger partial charge on any atom is 0.307 e. The molecule has 0 aliphatic rings. The molecule has 0 N–H and O–H groups in total. The fourth-order valence-corrected chi connectivity index (χ4v) is 2.10. The molecule has 2 heterocycles. The highest BCUT2D eigenvalue weighted by atomic mass is 16.5. The zero-order chi connectivity index (χ0) is 14.5. The van der Waals surface area contributed by atoms with E-state index in [0.29, 0.717) is 19.6 Å². The molecule has 20 heavy (non-hydrogen) atoms. The summed E-state index contributed by atoms with van der Waals surface area (Å²) in [5.74, 6) is -0.148. The number of hydrogen-bond donors (Lipinski definition) is 0. The van der Waals surface area contributed by atoms with Crippen molar-refractivity contribution in [1.82, 2.24) is 14.3 Å². The molecule has 5 heteroatoms. The summed E-state index contributed by atoms with van der Waals surface area (Å²) in [7, 11) is 1.98. The van der Waals surface area contributed by atoms with Crippen molar-refractivity contribution in [3.05, 3.63) is 35.8 Å². The van der Waals surface area contributed by atoms with Crippen molar-refractivity contribution < 1.29 is 9.53 Å². The summed E-state index contributed by atoms with van der Waals surface area (Å²) in [5.41, 5.74) is 3.16. The Bertz CT molecular complexity index is 592. The lowest BCUT2D eigenvalue weighted by molar-refractivity contribution is -0.143. The summed E-state index contributed by atoms with van der Waals surface area (Å²) in [5, 5.41) is 0. The number of ether oxygens (including phenoxy) is 1. The zero-order valence-electron chi connectivity index (χ0n) is 12.3. The van der Waals surface area contributed by atoms with Crippen molar-refractivity contribution in [2.45, 2.75) is 26.8 Å². The molecule has 0 atom stereocenters. The van der Waals surface area contributed by atoms with Crippen LogP contribution in [0.25, 0.3) is 5.65 Å². The molecule has 0 saturated heterocycles. The molecule has 0 aliphatic heterocycles. The Balaban J connectivity index is 1.92.